The van der Waals surface area contributed by atoms with Gasteiger partial charge in [-0.2, -0.15) is 13.2 Å². The highest BCUT2D eigenvalue weighted by atomic mass is 35.5. The molecule has 2 atom stereocenters. The first-order valence-corrected chi connectivity index (χ1v) is 12.3. The van der Waals surface area contributed by atoms with E-state index in [2.05, 4.69) is 0 Å². The highest BCUT2D eigenvalue weighted by molar-refractivity contribution is 6.38. The molecule has 1 saturated heterocycles. The molecule has 0 radical (unpaired) electrons. The average Bonchev–Trinajstić information content (AvgIpc) is 3.49. The third-order valence-electron chi connectivity index (χ3n) is 7.78. The number of carbonyl (C=O) groups is 2. The molecule has 5 nitrogen and oxygen atoms in total. The normalized spacial score (nSPS) is 21.5. The highest BCUT2D eigenvalue weighted by Crippen LogP contribution is 2.49. The Kier molecular flexibility index (Phi) is 5.84. The van der Waals surface area contributed by atoms with Crippen LogP contribution in [0.2, 0.25) is 10.0 Å². The first-order valence-electron chi connectivity index (χ1n) is 11.5. The summed E-state index contributed by atoms with van der Waals surface area (Å²) in [7, 11) is 1.68. The average molecular weight is 539 g/mol. The molecule has 36 heavy (non-hydrogen) atoms. The van der Waals surface area contributed by atoms with E-state index in [0.717, 1.165) is 12.1 Å². The monoisotopic (exact) mass is 538 g/mol. The van der Waals surface area contributed by atoms with E-state index < -0.39 is 23.1 Å². The number of aromatic nitrogens is 1. The van der Waals surface area contributed by atoms with E-state index in [-0.39, 0.29) is 35.5 Å². The van der Waals surface area contributed by atoms with E-state index in [1.165, 1.54) is 6.07 Å². The zero-order chi connectivity index (χ0) is 26.2. The van der Waals surface area contributed by atoms with Crippen molar-refractivity contribution in [3.63, 3.8) is 0 Å². The van der Waals surface area contributed by atoms with Crippen molar-refractivity contribution in [1.29, 1.82) is 0 Å². The van der Waals surface area contributed by atoms with Crippen molar-refractivity contribution >= 4 is 46.0 Å². The van der Waals surface area contributed by atoms with Crippen molar-refractivity contribution in [1.82, 2.24) is 9.47 Å². The van der Waals surface area contributed by atoms with Crippen molar-refractivity contribution < 1.29 is 27.9 Å². The van der Waals surface area contributed by atoms with Gasteiger partial charge in [0.05, 0.1) is 21.6 Å². The SMILES string of the molecule is Cc1cc(C(F)(F)F)cc2c1cc(Cc1c(Cl)ccc(C(=O)N3C[C@@]4(C(=O)O)CC[C@@H]3C4)c1Cl)n2C. The fraction of sp³-hybridized carbons (Fsp3) is 0.385. The molecular weight excluding hydrogens is 516 g/mol. The molecule has 1 aliphatic carbocycles. The second-order valence-electron chi connectivity index (χ2n) is 9.90. The van der Waals surface area contributed by atoms with Gasteiger partial charge in [0.2, 0.25) is 0 Å². The van der Waals surface area contributed by atoms with Gasteiger partial charge in [-0.05, 0) is 67.6 Å². The minimum Gasteiger partial charge on any atom is -0.481 e. The fourth-order valence-corrected chi connectivity index (χ4v) is 6.30. The summed E-state index contributed by atoms with van der Waals surface area (Å²) in [6.45, 7) is 1.78. The van der Waals surface area contributed by atoms with Crippen LogP contribution in [0.4, 0.5) is 13.2 Å². The van der Waals surface area contributed by atoms with Gasteiger partial charge in [0.1, 0.15) is 0 Å². The molecule has 190 valence electrons. The van der Waals surface area contributed by atoms with Crippen molar-refractivity contribution in [3.8, 4) is 0 Å². The van der Waals surface area contributed by atoms with Crippen LogP contribution in [-0.4, -0.2) is 39.0 Å². The first kappa shape index (κ1) is 25.0. The highest BCUT2D eigenvalue weighted by Gasteiger charge is 2.56. The lowest BCUT2D eigenvalue weighted by Crippen LogP contribution is -2.42. The maximum atomic E-state index is 13.4. The standard InChI is InChI=1S/C26H23Cl2F3N2O3/c1-13-7-14(26(29,30)31)8-21-18(13)9-16(32(21)2)10-19-20(27)4-3-17(22(19)28)23(34)33-12-25(24(35)36)6-5-15(33)11-25/h3-4,7-9,15H,5-6,10-12H2,1-2H3,(H,35,36)/t15-,25-/m1/s1. The molecule has 2 aromatic carbocycles. The van der Waals surface area contributed by atoms with Crippen LogP contribution in [0.15, 0.2) is 30.3 Å². The number of rotatable bonds is 4. The third-order valence-corrected chi connectivity index (χ3v) is 8.57. The number of alkyl halides is 3. The number of hydrogen-bond acceptors (Lipinski definition) is 2. The number of carbonyl (C=O) groups excluding carboxylic acids is 1. The summed E-state index contributed by atoms with van der Waals surface area (Å²) < 4.78 is 41.7. The van der Waals surface area contributed by atoms with Gasteiger partial charge in [0, 0.05) is 47.7 Å². The molecule has 1 saturated carbocycles. The topological polar surface area (TPSA) is 62.5 Å². The Hall–Kier alpha value is -2.71. The van der Waals surface area contributed by atoms with Crippen LogP contribution in [0.1, 0.15) is 52.0 Å². The van der Waals surface area contributed by atoms with E-state index in [0.29, 0.717) is 52.0 Å². The third kappa shape index (κ3) is 3.86. The van der Waals surface area contributed by atoms with Crippen molar-refractivity contribution in [2.24, 2.45) is 12.5 Å². The summed E-state index contributed by atoms with van der Waals surface area (Å²) >= 11 is 13.2. The predicted molar refractivity (Wildman–Crippen MR) is 131 cm³/mol. The van der Waals surface area contributed by atoms with Gasteiger partial charge in [-0.25, -0.2) is 0 Å². The molecule has 0 spiro atoms. The second kappa shape index (κ2) is 8.42. The lowest BCUT2D eigenvalue weighted by Gasteiger charge is -2.30. The maximum Gasteiger partial charge on any atom is 0.416 e. The number of amides is 1. The van der Waals surface area contributed by atoms with Gasteiger partial charge in [-0.3, -0.25) is 9.59 Å². The first-order chi connectivity index (χ1) is 16.8. The number of carboxylic acid groups (broad SMARTS) is 1. The van der Waals surface area contributed by atoms with Crippen LogP contribution in [0.25, 0.3) is 10.9 Å². The molecule has 1 amide bonds. The summed E-state index contributed by atoms with van der Waals surface area (Å²) in [4.78, 5) is 26.8. The Morgan fingerprint density at radius 1 is 1.19 bits per heavy atom. The minimum absolute atomic E-state index is 0.143. The Bertz CT molecular complexity index is 1430. The molecule has 5 rings (SSSR count). The zero-order valence-corrected chi connectivity index (χ0v) is 21.1. The summed E-state index contributed by atoms with van der Waals surface area (Å²) in [6, 6.07) is 7.02. The number of aryl methyl sites for hydroxylation is 2. The van der Waals surface area contributed by atoms with Gasteiger partial charge in [0.15, 0.2) is 0 Å². The summed E-state index contributed by atoms with van der Waals surface area (Å²) in [5.74, 6) is -1.23. The minimum atomic E-state index is -4.46. The van der Waals surface area contributed by atoms with Crippen LogP contribution < -0.4 is 0 Å². The van der Waals surface area contributed by atoms with Gasteiger partial charge < -0.3 is 14.6 Å². The molecule has 0 unspecified atom stereocenters. The molecule has 1 N–H and O–H groups in total. The molecule has 1 aromatic heterocycles. The zero-order valence-electron chi connectivity index (χ0n) is 19.5. The van der Waals surface area contributed by atoms with E-state index in [4.69, 9.17) is 23.2 Å². The molecule has 3 aromatic rings. The quantitative estimate of drug-likeness (QED) is 0.413. The lowest BCUT2D eigenvalue weighted by molar-refractivity contribution is -0.148. The molecule has 2 heterocycles. The van der Waals surface area contributed by atoms with Crippen molar-refractivity contribution in [2.45, 2.75) is 44.8 Å². The van der Waals surface area contributed by atoms with Gasteiger partial charge in [-0.1, -0.05) is 23.2 Å². The van der Waals surface area contributed by atoms with E-state index in [9.17, 15) is 27.9 Å². The number of carboxylic acids is 1. The Balaban J connectivity index is 1.50. The Labute approximate surface area is 215 Å². The molecule has 2 bridgehead atoms. The number of halogens is 5. The number of piperidine rings is 1. The number of fused-ring (bicyclic) bond motifs is 3. The Morgan fingerprint density at radius 3 is 2.56 bits per heavy atom. The molecule has 2 fully saturated rings. The summed E-state index contributed by atoms with van der Waals surface area (Å²) in [6.07, 6.45) is -2.65. The fourth-order valence-electron chi connectivity index (χ4n) is 5.72. The lowest BCUT2D eigenvalue weighted by atomic mass is 9.87. The van der Waals surface area contributed by atoms with Crippen molar-refractivity contribution in [3.05, 3.63) is 68.3 Å². The van der Waals surface area contributed by atoms with Crippen LogP contribution >= 0.6 is 23.2 Å². The maximum absolute atomic E-state index is 13.4. The molecular formula is C26H23Cl2F3N2O3. The number of nitrogens with zero attached hydrogens (tertiary/aromatic N) is 2. The van der Waals surface area contributed by atoms with Crippen LogP contribution in [0, 0.1) is 12.3 Å². The summed E-state index contributed by atoms with van der Waals surface area (Å²) in [5, 5.41) is 10.9. The number of hydrogen-bond donors (Lipinski definition) is 1. The van der Waals surface area contributed by atoms with Crippen LogP contribution in [0.3, 0.4) is 0 Å². The second-order valence-corrected chi connectivity index (χ2v) is 10.7. The van der Waals surface area contributed by atoms with Crippen molar-refractivity contribution in [2.75, 3.05) is 6.54 Å². The Morgan fingerprint density at radius 2 is 1.92 bits per heavy atom. The number of likely N-dealkylation sites (tertiary alicyclic amines) is 1. The smallest absolute Gasteiger partial charge is 0.416 e. The molecule has 1 aliphatic heterocycles. The van der Waals surface area contributed by atoms with Gasteiger partial charge >= 0.3 is 12.1 Å². The van der Waals surface area contributed by atoms with Crippen LogP contribution in [0.5, 0.6) is 0 Å². The number of benzene rings is 2. The van der Waals surface area contributed by atoms with Gasteiger partial charge in [-0.15, -0.1) is 0 Å². The predicted octanol–water partition coefficient (Wildman–Crippen LogP) is 6.48. The number of aliphatic carboxylic acids is 1. The molecule has 10 heteroatoms. The van der Waals surface area contributed by atoms with E-state index in [1.807, 2.05) is 6.07 Å². The van der Waals surface area contributed by atoms with Crippen LogP contribution in [-0.2, 0) is 24.4 Å². The van der Waals surface area contributed by atoms with E-state index >= 15 is 0 Å². The largest absolute Gasteiger partial charge is 0.481 e. The molecule has 2 aliphatic rings. The van der Waals surface area contributed by atoms with Gasteiger partial charge in [0.25, 0.3) is 5.91 Å². The summed E-state index contributed by atoms with van der Waals surface area (Å²) in [5.41, 5.74) is 0.717. The van der Waals surface area contributed by atoms with E-state index in [1.54, 1.807) is 29.5 Å².